The molecule has 1 aromatic carbocycles. The lowest BCUT2D eigenvalue weighted by Crippen LogP contribution is -2.15. The summed E-state index contributed by atoms with van der Waals surface area (Å²) < 4.78 is 50.4. The summed E-state index contributed by atoms with van der Waals surface area (Å²) in [4.78, 5) is 3.64. The second kappa shape index (κ2) is 4.55. The van der Waals surface area contributed by atoms with Crippen LogP contribution in [-0.2, 0) is 12.7 Å². The van der Waals surface area contributed by atoms with Gasteiger partial charge in [0.25, 0.3) is 0 Å². The first kappa shape index (κ1) is 13.0. The summed E-state index contributed by atoms with van der Waals surface area (Å²) in [6.07, 6.45) is -4.34. The molecule has 1 aliphatic rings. The third-order valence-corrected chi connectivity index (χ3v) is 3.04. The van der Waals surface area contributed by atoms with E-state index < -0.39 is 12.0 Å². The minimum atomic E-state index is -4.55. The molecule has 1 aromatic heterocycles. The van der Waals surface area contributed by atoms with Gasteiger partial charge in [-0.2, -0.15) is 13.2 Å². The van der Waals surface area contributed by atoms with Gasteiger partial charge in [-0.25, -0.2) is 4.98 Å². The van der Waals surface area contributed by atoms with Gasteiger partial charge in [0.1, 0.15) is 0 Å². The van der Waals surface area contributed by atoms with Crippen LogP contribution in [0.5, 0.6) is 11.5 Å². The summed E-state index contributed by atoms with van der Waals surface area (Å²) in [5, 5.41) is 8.83. The SMILES string of the molecule is OCCCn1c(C(F)(F)F)nc2cc3c(cc21)OCO3. The molecule has 0 atom stereocenters. The molecule has 2 heterocycles. The number of imidazole rings is 1. The summed E-state index contributed by atoms with van der Waals surface area (Å²) >= 11 is 0. The van der Waals surface area contributed by atoms with Crippen LogP contribution in [0.1, 0.15) is 12.2 Å². The maximum atomic E-state index is 13.0. The molecule has 5 nitrogen and oxygen atoms in total. The number of aryl methyl sites for hydroxylation is 1. The number of halogens is 3. The Hall–Kier alpha value is -1.96. The quantitative estimate of drug-likeness (QED) is 0.940. The Morgan fingerprint density at radius 2 is 1.95 bits per heavy atom. The number of benzene rings is 1. The van der Waals surface area contributed by atoms with Crippen molar-refractivity contribution in [2.75, 3.05) is 13.4 Å². The summed E-state index contributed by atoms with van der Waals surface area (Å²) in [5.74, 6) is -0.195. The van der Waals surface area contributed by atoms with Gasteiger partial charge in [-0.15, -0.1) is 0 Å². The molecule has 8 heteroatoms. The molecule has 2 aromatic rings. The second-order valence-electron chi connectivity index (χ2n) is 4.36. The minimum Gasteiger partial charge on any atom is -0.454 e. The average Bonchev–Trinajstić information content (AvgIpc) is 2.96. The Morgan fingerprint density at radius 3 is 2.60 bits per heavy atom. The molecule has 20 heavy (non-hydrogen) atoms. The zero-order chi connectivity index (χ0) is 14.3. The van der Waals surface area contributed by atoms with Gasteiger partial charge in [0.05, 0.1) is 11.0 Å². The third kappa shape index (κ3) is 2.05. The van der Waals surface area contributed by atoms with Crippen molar-refractivity contribution in [3.8, 4) is 11.5 Å². The lowest BCUT2D eigenvalue weighted by Gasteiger charge is -2.10. The van der Waals surface area contributed by atoms with Gasteiger partial charge in [-0.05, 0) is 6.42 Å². The molecule has 0 amide bonds. The van der Waals surface area contributed by atoms with Crippen molar-refractivity contribution in [3.63, 3.8) is 0 Å². The number of hydrogen-bond donors (Lipinski definition) is 1. The minimum absolute atomic E-state index is 0.0293. The number of fused-ring (bicyclic) bond motifs is 2. The van der Waals surface area contributed by atoms with E-state index in [0.29, 0.717) is 17.0 Å². The molecule has 1 aliphatic heterocycles. The highest BCUT2D eigenvalue weighted by molar-refractivity contribution is 5.81. The fourth-order valence-electron chi connectivity index (χ4n) is 2.19. The first-order chi connectivity index (χ1) is 9.50. The summed E-state index contributed by atoms with van der Waals surface area (Å²) in [6.45, 7) is -0.117. The molecule has 0 bridgehead atoms. The van der Waals surface area contributed by atoms with E-state index in [2.05, 4.69) is 4.98 Å². The maximum absolute atomic E-state index is 13.0. The third-order valence-electron chi connectivity index (χ3n) is 3.04. The molecule has 0 saturated heterocycles. The first-order valence-corrected chi connectivity index (χ1v) is 5.98. The average molecular weight is 288 g/mol. The van der Waals surface area contributed by atoms with Crippen molar-refractivity contribution in [2.24, 2.45) is 0 Å². The van der Waals surface area contributed by atoms with Crippen molar-refractivity contribution in [1.29, 1.82) is 0 Å². The number of ether oxygens (including phenoxy) is 2. The predicted molar refractivity (Wildman–Crippen MR) is 62.6 cm³/mol. The van der Waals surface area contributed by atoms with Crippen LogP contribution in [0.15, 0.2) is 12.1 Å². The van der Waals surface area contributed by atoms with Crippen LogP contribution in [0.3, 0.4) is 0 Å². The zero-order valence-electron chi connectivity index (χ0n) is 10.3. The summed E-state index contributed by atoms with van der Waals surface area (Å²) in [6, 6.07) is 2.92. The molecule has 108 valence electrons. The van der Waals surface area contributed by atoms with E-state index in [4.69, 9.17) is 14.6 Å². The van der Waals surface area contributed by atoms with Crippen molar-refractivity contribution in [1.82, 2.24) is 9.55 Å². The lowest BCUT2D eigenvalue weighted by molar-refractivity contribution is -0.147. The normalized spacial score (nSPS) is 14.2. The van der Waals surface area contributed by atoms with Crippen molar-refractivity contribution in [3.05, 3.63) is 18.0 Å². The number of hydrogen-bond acceptors (Lipinski definition) is 4. The van der Waals surface area contributed by atoms with Crippen molar-refractivity contribution >= 4 is 11.0 Å². The van der Waals surface area contributed by atoms with Crippen LogP contribution in [0.25, 0.3) is 11.0 Å². The molecule has 0 radical (unpaired) electrons. The van der Waals surface area contributed by atoms with E-state index in [0.717, 1.165) is 4.57 Å². The number of nitrogens with zero attached hydrogens (tertiary/aromatic N) is 2. The maximum Gasteiger partial charge on any atom is 0.449 e. The number of rotatable bonds is 3. The molecule has 0 fully saturated rings. The predicted octanol–water partition coefficient (Wildman–Crippen LogP) is 2.17. The van der Waals surface area contributed by atoms with Crippen LogP contribution >= 0.6 is 0 Å². The largest absolute Gasteiger partial charge is 0.454 e. The zero-order valence-corrected chi connectivity index (χ0v) is 10.3. The molecular formula is C12H11F3N2O3. The van der Waals surface area contributed by atoms with Crippen LogP contribution < -0.4 is 9.47 Å². The number of alkyl halides is 3. The molecule has 0 saturated carbocycles. The Kier molecular flexibility index (Phi) is 2.97. The highest BCUT2D eigenvalue weighted by Gasteiger charge is 2.38. The van der Waals surface area contributed by atoms with E-state index in [1.54, 1.807) is 0 Å². The molecular weight excluding hydrogens is 277 g/mol. The number of aromatic nitrogens is 2. The van der Waals surface area contributed by atoms with Gasteiger partial charge in [0.15, 0.2) is 11.5 Å². The Morgan fingerprint density at radius 1 is 1.25 bits per heavy atom. The fraction of sp³-hybridized carbons (Fsp3) is 0.417. The Bertz CT molecular complexity index is 651. The standard InChI is InChI=1S/C12H11F3N2O3/c13-12(14,15)11-16-7-4-9-10(20-6-19-9)5-8(7)17(11)2-1-3-18/h4-5,18H,1-3,6H2. The van der Waals surface area contributed by atoms with Gasteiger partial charge < -0.3 is 19.1 Å². The molecule has 0 aliphatic carbocycles. The van der Waals surface area contributed by atoms with Crippen molar-refractivity contribution < 1.29 is 27.8 Å². The van der Waals surface area contributed by atoms with Crippen LogP contribution in [0.2, 0.25) is 0 Å². The van der Waals surface area contributed by atoms with Gasteiger partial charge in [-0.1, -0.05) is 0 Å². The summed E-state index contributed by atoms with van der Waals surface area (Å²) in [7, 11) is 0. The molecule has 1 N–H and O–H groups in total. The topological polar surface area (TPSA) is 56.5 Å². The highest BCUT2D eigenvalue weighted by Crippen LogP contribution is 2.38. The number of aliphatic hydroxyl groups excluding tert-OH is 1. The van der Waals surface area contributed by atoms with E-state index in [-0.39, 0.29) is 31.9 Å². The van der Waals surface area contributed by atoms with Crippen LogP contribution in [0.4, 0.5) is 13.2 Å². The monoisotopic (exact) mass is 288 g/mol. The van der Waals surface area contributed by atoms with E-state index >= 15 is 0 Å². The summed E-state index contributed by atoms with van der Waals surface area (Å²) in [5.41, 5.74) is 0.509. The van der Waals surface area contributed by atoms with E-state index in [9.17, 15) is 13.2 Å². The van der Waals surface area contributed by atoms with Crippen molar-refractivity contribution in [2.45, 2.75) is 19.1 Å². The smallest absolute Gasteiger partial charge is 0.449 e. The van der Waals surface area contributed by atoms with Gasteiger partial charge in [0, 0.05) is 25.3 Å². The second-order valence-corrected chi connectivity index (χ2v) is 4.36. The van der Waals surface area contributed by atoms with Gasteiger partial charge in [-0.3, -0.25) is 0 Å². The first-order valence-electron chi connectivity index (χ1n) is 5.98. The van der Waals surface area contributed by atoms with Crippen LogP contribution in [-0.4, -0.2) is 28.1 Å². The molecule has 0 spiro atoms. The number of aliphatic hydroxyl groups is 1. The highest BCUT2D eigenvalue weighted by atomic mass is 19.4. The molecule has 3 rings (SSSR count). The van der Waals surface area contributed by atoms with E-state index in [1.165, 1.54) is 12.1 Å². The van der Waals surface area contributed by atoms with Crippen LogP contribution in [0, 0.1) is 0 Å². The lowest BCUT2D eigenvalue weighted by atomic mass is 10.2. The van der Waals surface area contributed by atoms with Gasteiger partial charge >= 0.3 is 6.18 Å². The van der Waals surface area contributed by atoms with Gasteiger partial charge in [0.2, 0.25) is 12.6 Å². The Labute approximate surface area is 111 Å². The molecule has 0 unspecified atom stereocenters. The van der Waals surface area contributed by atoms with E-state index in [1.807, 2.05) is 0 Å². The Balaban J connectivity index is 2.18. The fourth-order valence-corrected chi connectivity index (χ4v) is 2.19.